The SMILES string of the molecule is CC(C)(C)CCOc1ccc(C#N)c(Cl)c1. The highest BCUT2D eigenvalue weighted by molar-refractivity contribution is 6.31. The molecular weight excluding hydrogens is 222 g/mol. The first-order chi connectivity index (χ1) is 7.42. The molecule has 86 valence electrons. The van der Waals surface area contributed by atoms with E-state index in [9.17, 15) is 0 Å². The monoisotopic (exact) mass is 237 g/mol. The summed E-state index contributed by atoms with van der Waals surface area (Å²) in [6, 6.07) is 7.14. The molecule has 0 N–H and O–H groups in total. The molecule has 1 aromatic rings. The van der Waals surface area contributed by atoms with Gasteiger partial charge in [-0.25, -0.2) is 0 Å². The average Bonchev–Trinajstić information content (AvgIpc) is 2.16. The van der Waals surface area contributed by atoms with E-state index in [1.54, 1.807) is 18.2 Å². The molecular formula is C13H16ClNO. The standard InChI is InChI=1S/C13H16ClNO/c1-13(2,3)6-7-16-11-5-4-10(9-15)12(14)8-11/h4-5,8H,6-7H2,1-3H3. The van der Waals surface area contributed by atoms with Crippen LogP contribution in [0.2, 0.25) is 5.02 Å². The van der Waals surface area contributed by atoms with Gasteiger partial charge in [0.25, 0.3) is 0 Å². The van der Waals surface area contributed by atoms with Crippen LogP contribution in [0, 0.1) is 16.7 Å². The van der Waals surface area contributed by atoms with Gasteiger partial charge >= 0.3 is 0 Å². The van der Waals surface area contributed by atoms with E-state index in [1.807, 2.05) is 6.07 Å². The summed E-state index contributed by atoms with van der Waals surface area (Å²) < 4.78 is 5.57. The van der Waals surface area contributed by atoms with Gasteiger partial charge in [-0.3, -0.25) is 0 Å². The number of hydrogen-bond donors (Lipinski definition) is 0. The Morgan fingerprint density at radius 1 is 1.38 bits per heavy atom. The van der Waals surface area contributed by atoms with Crippen molar-refractivity contribution in [2.24, 2.45) is 5.41 Å². The highest BCUT2D eigenvalue weighted by Crippen LogP contribution is 2.23. The molecule has 2 nitrogen and oxygen atoms in total. The van der Waals surface area contributed by atoms with Gasteiger partial charge in [-0.2, -0.15) is 5.26 Å². The quantitative estimate of drug-likeness (QED) is 0.795. The average molecular weight is 238 g/mol. The number of halogens is 1. The lowest BCUT2D eigenvalue weighted by molar-refractivity contribution is 0.243. The summed E-state index contributed by atoms with van der Waals surface area (Å²) in [6.45, 7) is 7.16. The second-order valence-corrected chi connectivity index (χ2v) is 5.32. The van der Waals surface area contributed by atoms with Gasteiger partial charge in [-0.05, 0) is 24.0 Å². The van der Waals surface area contributed by atoms with Crippen LogP contribution in [0.4, 0.5) is 0 Å². The van der Waals surface area contributed by atoms with Gasteiger partial charge in [0.15, 0.2) is 0 Å². The highest BCUT2D eigenvalue weighted by atomic mass is 35.5. The lowest BCUT2D eigenvalue weighted by atomic mass is 9.93. The van der Waals surface area contributed by atoms with Crippen molar-refractivity contribution >= 4 is 11.6 Å². The van der Waals surface area contributed by atoms with Gasteiger partial charge in [-0.15, -0.1) is 0 Å². The van der Waals surface area contributed by atoms with Crippen molar-refractivity contribution in [3.8, 4) is 11.8 Å². The van der Waals surface area contributed by atoms with E-state index in [4.69, 9.17) is 21.6 Å². The molecule has 0 aliphatic carbocycles. The Kier molecular flexibility index (Phi) is 4.20. The predicted octanol–water partition coefficient (Wildman–Crippen LogP) is 4.03. The normalized spacial score (nSPS) is 10.9. The summed E-state index contributed by atoms with van der Waals surface area (Å²) >= 11 is 5.90. The summed E-state index contributed by atoms with van der Waals surface area (Å²) in [4.78, 5) is 0. The minimum Gasteiger partial charge on any atom is -0.494 e. The Balaban J connectivity index is 2.57. The predicted molar refractivity (Wildman–Crippen MR) is 65.7 cm³/mol. The molecule has 1 aromatic carbocycles. The number of benzene rings is 1. The number of nitrogens with zero attached hydrogens (tertiary/aromatic N) is 1. The summed E-state index contributed by atoms with van der Waals surface area (Å²) in [5, 5.41) is 9.16. The number of nitriles is 1. The fourth-order valence-corrected chi connectivity index (χ4v) is 1.36. The van der Waals surface area contributed by atoms with Crippen molar-refractivity contribution in [1.82, 2.24) is 0 Å². The molecule has 0 saturated heterocycles. The molecule has 0 aliphatic heterocycles. The first-order valence-corrected chi connectivity index (χ1v) is 5.62. The molecule has 0 unspecified atom stereocenters. The van der Waals surface area contributed by atoms with Crippen molar-refractivity contribution in [2.75, 3.05) is 6.61 Å². The van der Waals surface area contributed by atoms with Crippen molar-refractivity contribution < 1.29 is 4.74 Å². The van der Waals surface area contributed by atoms with Crippen LogP contribution in [-0.2, 0) is 0 Å². The van der Waals surface area contributed by atoms with Crippen molar-refractivity contribution in [3.05, 3.63) is 28.8 Å². The molecule has 0 heterocycles. The first kappa shape index (κ1) is 12.9. The Morgan fingerprint density at radius 3 is 2.56 bits per heavy atom. The van der Waals surface area contributed by atoms with Gasteiger partial charge < -0.3 is 4.74 Å². The van der Waals surface area contributed by atoms with Crippen LogP contribution in [-0.4, -0.2) is 6.61 Å². The van der Waals surface area contributed by atoms with Crippen LogP contribution in [0.3, 0.4) is 0 Å². The maximum absolute atomic E-state index is 8.72. The van der Waals surface area contributed by atoms with Crippen LogP contribution in [0.1, 0.15) is 32.8 Å². The highest BCUT2D eigenvalue weighted by Gasteiger charge is 2.10. The topological polar surface area (TPSA) is 33.0 Å². The molecule has 16 heavy (non-hydrogen) atoms. The number of ether oxygens (including phenoxy) is 1. The smallest absolute Gasteiger partial charge is 0.120 e. The zero-order valence-corrected chi connectivity index (χ0v) is 10.6. The minimum atomic E-state index is 0.260. The molecule has 0 amide bonds. The van der Waals surface area contributed by atoms with Gasteiger partial charge in [0, 0.05) is 6.07 Å². The number of rotatable bonds is 3. The Bertz CT molecular complexity index is 401. The maximum Gasteiger partial charge on any atom is 0.120 e. The van der Waals surface area contributed by atoms with E-state index in [0.717, 1.165) is 6.42 Å². The van der Waals surface area contributed by atoms with Gasteiger partial charge in [0.1, 0.15) is 11.8 Å². The van der Waals surface area contributed by atoms with Crippen LogP contribution in [0.15, 0.2) is 18.2 Å². The van der Waals surface area contributed by atoms with E-state index in [2.05, 4.69) is 20.8 Å². The Labute approximate surface area is 102 Å². The second kappa shape index (κ2) is 5.23. The van der Waals surface area contributed by atoms with Crippen LogP contribution < -0.4 is 4.74 Å². The lowest BCUT2D eigenvalue weighted by Gasteiger charge is -2.18. The summed E-state index contributed by atoms with van der Waals surface area (Å²) in [6.07, 6.45) is 0.977. The molecule has 0 bridgehead atoms. The molecule has 0 atom stereocenters. The zero-order chi connectivity index (χ0) is 12.2. The molecule has 0 saturated carbocycles. The minimum absolute atomic E-state index is 0.260. The fraction of sp³-hybridized carbons (Fsp3) is 0.462. The lowest BCUT2D eigenvalue weighted by Crippen LogP contribution is -2.11. The Morgan fingerprint density at radius 2 is 2.06 bits per heavy atom. The largest absolute Gasteiger partial charge is 0.494 e. The summed E-state index contributed by atoms with van der Waals surface area (Å²) in [5.41, 5.74) is 0.737. The molecule has 0 radical (unpaired) electrons. The van der Waals surface area contributed by atoms with Crippen molar-refractivity contribution in [2.45, 2.75) is 27.2 Å². The number of hydrogen-bond acceptors (Lipinski definition) is 2. The van der Waals surface area contributed by atoms with Crippen molar-refractivity contribution in [3.63, 3.8) is 0 Å². The summed E-state index contributed by atoms with van der Waals surface area (Å²) in [5.74, 6) is 0.716. The molecule has 0 aromatic heterocycles. The second-order valence-electron chi connectivity index (χ2n) is 4.91. The third kappa shape index (κ3) is 4.12. The van der Waals surface area contributed by atoms with Crippen LogP contribution >= 0.6 is 11.6 Å². The molecule has 0 fully saturated rings. The zero-order valence-electron chi connectivity index (χ0n) is 9.88. The molecule has 0 aliphatic rings. The third-order valence-electron chi connectivity index (χ3n) is 2.18. The van der Waals surface area contributed by atoms with E-state index >= 15 is 0 Å². The Hall–Kier alpha value is -1.20. The van der Waals surface area contributed by atoms with Crippen LogP contribution in [0.25, 0.3) is 0 Å². The van der Waals surface area contributed by atoms with E-state index in [1.165, 1.54) is 0 Å². The van der Waals surface area contributed by atoms with Crippen LogP contribution in [0.5, 0.6) is 5.75 Å². The van der Waals surface area contributed by atoms with Gasteiger partial charge in [-0.1, -0.05) is 32.4 Å². The van der Waals surface area contributed by atoms with Gasteiger partial charge in [0.2, 0.25) is 0 Å². The summed E-state index contributed by atoms with van der Waals surface area (Å²) in [7, 11) is 0. The van der Waals surface area contributed by atoms with E-state index in [-0.39, 0.29) is 5.41 Å². The molecule has 0 spiro atoms. The van der Waals surface area contributed by atoms with E-state index < -0.39 is 0 Å². The third-order valence-corrected chi connectivity index (χ3v) is 2.49. The molecule has 1 rings (SSSR count). The van der Waals surface area contributed by atoms with Crippen molar-refractivity contribution in [1.29, 1.82) is 5.26 Å². The fourth-order valence-electron chi connectivity index (χ4n) is 1.15. The van der Waals surface area contributed by atoms with Gasteiger partial charge in [0.05, 0.1) is 17.2 Å². The van der Waals surface area contributed by atoms with E-state index in [0.29, 0.717) is 22.9 Å². The maximum atomic E-state index is 8.72. The molecule has 3 heteroatoms. The first-order valence-electron chi connectivity index (χ1n) is 5.25.